The largest absolute Gasteiger partial charge is 0.479 e. The Labute approximate surface area is 42.0 Å². The first-order chi connectivity index (χ1) is 2.41. The molecule has 0 aromatic heterocycles. The van der Waals surface area contributed by atoms with Gasteiger partial charge in [-0.25, -0.2) is 0 Å². The van der Waals surface area contributed by atoms with Gasteiger partial charge in [0.25, 0.3) is 0 Å². The number of halogens is 2. The highest BCUT2D eigenvalue weighted by atomic mass is 35.5. The molecule has 26 valence electrons. The van der Waals surface area contributed by atoms with Crippen molar-refractivity contribution in [2.75, 3.05) is 0 Å². The molecular formula is B2Cl2O. The molecule has 5 heavy (non-hydrogen) atoms. The van der Waals surface area contributed by atoms with Gasteiger partial charge in [-0.15, -0.1) is 0 Å². The minimum atomic E-state index is 0.965. The molecule has 0 heterocycles. The fraction of sp³-hybridized carbons (Fsp3) is 0. The second-order valence-corrected chi connectivity index (χ2v) is 0.671. The van der Waals surface area contributed by atoms with E-state index in [1.807, 2.05) is 0 Å². The molecule has 0 aliphatic carbocycles. The summed E-state index contributed by atoms with van der Waals surface area (Å²) >= 11 is 9.68. The molecule has 0 aliphatic heterocycles. The van der Waals surface area contributed by atoms with Gasteiger partial charge in [0, 0.05) is 0 Å². The van der Waals surface area contributed by atoms with E-state index < -0.39 is 0 Å². The third kappa shape index (κ3) is 4.67. The lowest BCUT2D eigenvalue weighted by Crippen LogP contribution is -1.88. The average molecular weight is 109 g/mol. The summed E-state index contributed by atoms with van der Waals surface area (Å²) in [5.74, 6) is 0. The van der Waals surface area contributed by atoms with Gasteiger partial charge in [-0.05, 0) is 0 Å². The summed E-state index contributed by atoms with van der Waals surface area (Å²) in [6, 6.07) is 0. The van der Waals surface area contributed by atoms with Crippen molar-refractivity contribution in [2.45, 2.75) is 0 Å². The van der Waals surface area contributed by atoms with Crippen molar-refractivity contribution in [3.05, 3.63) is 0 Å². The zero-order chi connectivity index (χ0) is 4.12. The maximum atomic E-state index is 4.84. The van der Waals surface area contributed by atoms with Gasteiger partial charge >= 0.3 is 13.8 Å². The summed E-state index contributed by atoms with van der Waals surface area (Å²) in [5.41, 5.74) is 0. The van der Waals surface area contributed by atoms with Crippen LogP contribution in [0.1, 0.15) is 0 Å². The Morgan fingerprint density at radius 3 is 1.60 bits per heavy atom. The summed E-state index contributed by atoms with van der Waals surface area (Å²) in [6.07, 6.45) is 0. The van der Waals surface area contributed by atoms with Crippen molar-refractivity contribution < 1.29 is 4.57 Å². The van der Waals surface area contributed by atoms with Gasteiger partial charge in [0.1, 0.15) is 0 Å². The van der Waals surface area contributed by atoms with E-state index in [2.05, 4.69) is 4.57 Å². The molecule has 0 fully saturated rings. The van der Waals surface area contributed by atoms with E-state index in [1.165, 1.54) is 0 Å². The predicted molar refractivity (Wildman–Crippen MR) is 24.3 cm³/mol. The third-order valence-electron chi connectivity index (χ3n) is 0.103. The standard InChI is InChI=1S/B2Cl2O/c3-1-5-2-4. The Morgan fingerprint density at radius 2 is 1.60 bits per heavy atom. The second kappa shape index (κ2) is 4.67. The van der Waals surface area contributed by atoms with E-state index in [0.717, 1.165) is 13.8 Å². The Kier molecular flexibility index (Phi) is 5.30. The SMILES string of the molecule is Cl[B]O[B]Cl. The molecule has 0 rings (SSSR count). The quantitative estimate of drug-likeness (QED) is 0.470. The smallest absolute Gasteiger partial charge is 0.399 e. The molecule has 1 nitrogen and oxygen atoms in total. The highest BCUT2D eigenvalue weighted by molar-refractivity contribution is 6.98. The van der Waals surface area contributed by atoms with E-state index in [9.17, 15) is 0 Å². The van der Waals surface area contributed by atoms with Gasteiger partial charge in [0.05, 0.1) is 0 Å². The fourth-order valence-corrected chi connectivity index (χ4v) is 0.175. The lowest BCUT2D eigenvalue weighted by molar-refractivity contribution is 0.676. The van der Waals surface area contributed by atoms with Crippen molar-refractivity contribution in [3.8, 4) is 0 Å². The van der Waals surface area contributed by atoms with E-state index >= 15 is 0 Å². The molecule has 0 aromatic carbocycles. The highest BCUT2D eigenvalue weighted by Gasteiger charge is 1.79. The molecule has 0 unspecified atom stereocenters. The van der Waals surface area contributed by atoms with Crippen molar-refractivity contribution >= 4 is 36.7 Å². The first-order valence-corrected chi connectivity index (χ1v) is 1.78. The molecule has 0 atom stereocenters. The molecule has 0 spiro atoms. The van der Waals surface area contributed by atoms with Crippen molar-refractivity contribution in [1.29, 1.82) is 0 Å². The summed E-state index contributed by atoms with van der Waals surface area (Å²) in [4.78, 5) is 0. The van der Waals surface area contributed by atoms with Crippen LogP contribution < -0.4 is 0 Å². The fourth-order valence-electron chi connectivity index (χ4n) is 0.0194. The summed E-state index contributed by atoms with van der Waals surface area (Å²) in [6.45, 7) is 1.93. The maximum absolute atomic E-state index is 4.84. The lowest BCUT2D eigenvalue weighted by Gasteiger charge is -1.77. The molecule has 0 N–H and O–H groups in total. The lowest BCUT2D eigenvalue weighted by atomic mass is 10.4. The Bertz CT molecular complexity index is 15.1. The van der Waals surface area contributed by atoms with Crippen LogP contribution in [0.15, 0.2) is 0 Å². The van der Waals surface area contributed by atoms with Crippen molar-refractivity contribution in [1.82, 2.24) is 0 Å². The van der Waals surface area contributed by atoms with Crippen LogP contribution in [0.25, 0.3) is 0 Å². The molecule has 0 aliphatic rings. The normalized spacial score (nSPS) is 6.80. The van der Waals surface area contributed by atoms with Crippen LogP contribution >= 0.6 is 22.9 Å². The predicted octanol–water partition coefficient (Wildman–Crippen LogP) is 0.549. The van der Waals surface area contributed by atoms with Crippen LogP contribution in [0.4, 0.5) is 0 Å². The van der Waals surface area contributed by atoms with E-state index in [4.69, 9.17) is 22.9 Å². The zero-order valence-electron chi connectivity index (χ0n) is 2.32. The third-order valence-corrected chi connectivity index (χ3v) is 0.309. The molecule has 0 saturated carbocycles. The molecule has 5 heteroatoms. The van der Waals surface area contributed by atoms with E-state index in [0.29, 0.717) is 0 Å². The minimum absolute atomic E-state index is 0.965. The molecule has 0 aromatic rings. The summed E-state index contributed by atoms with van der Waals surface area (Å²) < 4.78 is 4.11. The monoisotopic (exact) mass is 108 g/mol. The molecular weight excluding hydrogens is 109 g/mol. The number of hydrogen-bond acceptors (Lipinski definition) is 1. The van der Waals surface area contributed by atoms with Crippen LogP contribution in [0.5, 0.6) is 0 Å². The van der Waals surface area contributed by atoms with Crippen LogP contribution in [0, 0.1) is 0 Å². The van der Waals surface area contributed by atoms with Gasteiger partial charge in [0.15, 0.2) is 0 Å². The highest BCUT2D eigenvalue weighted by Crippen LogP contribution is 1.72. The van der Waals surface area contributed by atoms with Crippen LogP contribution in [0.3, 0.4) is 0 Å². The van der Waals surface area contributed by atoms with Gasteiger partial charge in [-0.1, -0.05) is 0 Å². The topological polar surface area (TPSA) is 9.23 Å². The maximum Gasteiger partial charge on any atom is 0.399 e. The molecule has 0 amide bonds. The number of rotatable bonds is 2. The Morgan fingerprint density at radius 1 is 1.20 bits per heavy atom. The van der Waals surface area contributed by atoms with E-state index in [-0.39, 0.29) is 0 Å². The molecule has 0 saturated heterocycles. The van der Waals surface area contributed by atoms with Gasteiger partial charge in [-0.2, -0.15) is 22.9 Å². The zero-order valence-corrected chi connectivity index (χ0v) is 3.83. The first kappa shape index (κ1) is 5.67. The van der Waals surface area contributed by atoms with Crippen LogP contribution in [-0.2, 0) is 4.57 Å². The Hall–Kier alpha value is 0.670. The average Bonchev–Trinajstić information content (AvgIpc) is 1.41. The molecule has 0 bridgehead atoms. The number of hydrogen-bond donors (Lipinski definition) is 0. The van der Waals surface area contributed by atoms with Gasteiger partial charge in [0.2, 0.25) is 0 Å². The van der Waals surface area contributed by atoms with Crippen LogP contribution in [-0.4, -0.2) is 13.8 Å². The summed E-state index contributed by atoms with van der Waals surface area (Å²) in [5, 5.41) is 0. The second-order valence-electron chi connectivity index (χ2n) is 0.314. The van der Waals surface area contributed by atoms with Gasteiger partial charge in [-0.3, -0.25) is 0 Å². The minimum Gasteiger partial charge on any atom is -0.479 e. The van der Waals surface area contributed by atoms with Crippen molar-refractivity contribution in [3.63, 3.8) is 0 Å². The van der Waals surface area contributed by atoms with E-state index in [1.54, 1.807) is 0 Å². The molecule has 2 radical (unpaired) electrons. The summed E-state index contributed by atoms with van der Waals surface area (Å²) in [7, 11) is 0. The van der Waals surface area contributed by atoms with Gasteiger partial charge < -0.3 is 4.57 Å². The van der Waals surface area contributed by atoms with Crippen LogP contribution in [0.2, 0.25) is 0 Å². The van der Waals surface area contributed by atoms with Crippen molar-refractivity contribution in [2.24, 2.45) is 0 Å². The first-order valence-electron chi connectivity index (χ1n) is 0.908. The Balaban J connectivity index is 2.19.